The highest BCUT2D eigenvalue weighted by Gasteiger charge is 2.35. The molecule has 0 atom stereocenters. The van der Waals surface area contributed by atoms with Crippen LogP contribution >= 0.6 is 0 Å². The van der Waals surface area contributed by atoms with Crippen LogP contribution in [0.3, 0.4) is 0 Å². The van der Waals surface area contributed by atoms with Crippen molar-refractivity contribution in [3.05, 3.63) is 42.2 Å². The monoisotopic (exact) mass is 378 g/mol. The second-order valence-electron chi connectivity index (χ2n) is 7.10. The van der Waals surface area contributed by atoms with Crippen LogP contribution < -0.4 is 11.1 Å². The van der Waals surface area contributed by atoms with E-state index in [-0.39, 0.29) is 5.69 Å². The lowest BCUT2D eigenvalue weighted by atomic mass is 10.00. The van der Waals surface area contributed by atoms with Crippen LogP contribution in [0.25, 0.3) is 16.3 Å². The van der Waals surface area contributed by atoms with Gasteiger partial charge in [-0.15, -0.1) is 0 Å². The highest BCUT2D eigenvalue weighted by molar-refractivity contribution is 6.00. The number of pyridine rings is 1. The topological polar surface area (TPSA) is 54.2 Å². The molecule has 27 heavy (non-hydrogen) atoms. The molecular weight excluding hydrogens is 353 g/mol. The minimum atomic E-state index is -4.53. The van der Waals surface area contributed by atoms with Crippen molar-refractivity contribution in [3.8, 4) is 0 Å². The van der Waals surface area contributed by atoms with E-state index < -0.39 is 11.7 Å². The number of alkyl halides is 3. The zero-order valence-corrected chi connectivity index (χ0v) is 15.4. The Labute approximate surface area is 157 Å². The molecule has 3 N–H and O–H groups in total. The number of halogens is 3. The summed E-state index contributed by atoms with van der Waals surface area (Å²) >= 11 is 0. The average Bonchev–Trinajstić information content (AvgIpc) is 2.62. The number of piperidine rings is 1. The SMILES string of the molecule is C=C(c1nc(CCN)cc2c(NC3CCN(C)CC3)cccc12)C(F)(F)F. The van der Waals surface area contributed by atoms with Crippen molar-refractivity contribution in [3.63, 3.8) is 0 Å². The Kier molecular flexibility index (Phi) is 5.72. The van der Waals surface area contributed by atoms with E-state index in [1.54, 1.807) is 12.1 Å². The third kappa shape index (κ3) is 4.42. The number of hydrogen-bond acceptors (Lipinski definition) is 4. The maximum atomic E-state index is 13.3. The van der Waals surface area contributed by atoms with Gasteiger partial charge in [-0.3, -0.25) is 4.98 Å². The number of nitrogens with zero attached hydrogens (tertiary/aromatic N) is 2. The maximum Gasteiger partial charge on any atom is 0.417 e. The highest BCUT2D eigenvalue weighted by Crippen LogP contribution is 2.37. The van der Waals surface area contributed by atoms with E-state index in [0.29, 0.717) is 30.1 Å². The first kappa shape index (κ1) is 19.6. The quantitative estimate of drug-likeness (QED) is 0.831. The summed E-state index contributed by atoms with van der Waals surface area (Å²) in [6, 6.07) is 7.48. The summed E-state index contributed by atoms with van der Waals surface area (Å²) in [7, 11) is 2.09. The van der Waals surface area contributed by atoms with Gasteiger partial charge in [-0.25, -0.2) is 0 Å². The fraction of sp³-hybridized carbons (Fsp3) is 0.450. The van der Waals surface area contributed by atoms with E-state index >= 15 is 0 Å². The van der Waals surface area contributed by atoms with Crippen molar-refractivity contribution in [1.29, 1.82) is 0 Å². The van der Waals surface area contributed by atoms with Crippen LogP contribution in [0.4, 0.5) is 18.9 Å². The van der Waals surface area contributed by atoms with Crippen LogP contribution in [0.2, 0.25) is 0 Å². The molecule has 146 valence electrons. The molecule has 0 unspecified atom stereocenters. The van der Waals surface area contributed by atoms with Crippen LogP contribution in [-0.2, 0) is 6.42 Å². The molecule has 0 spiro atoms. The molecule has 1 fully saturated rings. The molecular formula is C20H25F3N4. The van der Waals surface area contributed by atoms with E-state index in [4.69, 9.17) is 5.73 Å². The number of benzene rings is 1. The molecule has 3 rings (SSSR count). The van der Waals surface area contributed by atoms with Crippen molar-refractivity contribution < 1.29 is 13.2 Å². The lowest BCUT2D eigenvalue weighted by Gasteiger charge is -2.30. The number of nitrogens with two attached hydrogens (primary N) is 1. The van der Waals surface area contributed by atoms with Crippen LogP contribution in [0, 0.1) is 0 Å². The molecule has 0 saturated carbocycles. The smallest absolute Gasteiger partial charge is 0.382 e. The third-order valence-corrected chi connectivity index (χ3v) is 5.03. The highest BCUT2D eigenvalue weighted by atomic mass is 19.4. The first-order valence-corrected chi connectivity index (χ1v) is 9.14. The normalized spacial score (nSPS) is 16.6. The van der Waals surface area contributed by atoms with Crippen molar-refractivity contribution in [2.75, 3.05) is 32.0 Å². The number of allylic oxidation sites excluding steroid dienone is 1. The lowest BCUT2D eigenvalue weighted by molar-refractivity contribution is -0.0688. The van der Waals surface area contributed by atoms with Crippen molar-refractivity contribution in [2.24, 2.45) is 5.73 Å². The number of nitrogens with one attached hydrogen (secondary N) is 1. The Morgan fingerprint density at radius 2 is 2.00 bits per heavy atom. The van der Waals surface area contributed by atoms with Crippen molar-refractivity contribution >= 4 is 22.0 Å². The second kappa shape index (κ2) is 7.86. The largest absolute Gasteiger partial charge is 0.417 e. The molecule has 0 bridgehead atoms. The summed E-state index contributed by atoms with van der Waals surface area (Å²) in [4.78, 5) is 6.49. The fourth-order valence-electron chi connectivity index (χ4n) is 3.47. The van der Waals surface area contributed by atoms with E-state index in [2.05, 4.69) is 28.8 Å². The number of hydrogen-bond donors (Lipinski definition) is 2. The van der Waals surface area contributed by atoms with E-state index in [0.717, 1.165) is 37.0 Å². The Balaban J connectivity index is 2.05. The molecule has 0 radical (unpaired) electrons. The standard InChI is InChI=1S/C20H25F3N4/c1-13(20(21,22)23)19-16-4-3-5-18(17(16)12-15(26-19)6-9-24)25-14-7-10-27(2)11-8-14/h3-5,12,14,25H,1,6-11,24H2,2H3. The molecule has 1 saturated heterocycles. The summed E-state index contributed by atoms with van der Waals surface area (Å²) in [5.74, 6) is 0. The predicted molar refractivity (Wildman–Crippen MR) is 104 cm³/mol. The number of aromatic nitrogens is 1. The minimum absolute atomic E-state index is 0.115. The van der Waals surface area contributed by atoms with Gasteiger partial charge in [0.1, 0.15) is 0 Å². The zero-order valence-electron chi connectivity index (χ0n) is 15.4. The van der Waals surface area contributed by atoms with E-state index in [1.807, 2.05) is 12.1 Å². The van der Waals surface area contributed by atoms with Gasteiger partial charge in [0.2, 0.25) is 0 Å². The lowest BCUT2D eigenvalue weighted by Crippen LogP contribution is -2.36. The average molecular weight is 378 g/mol. The van der Waals surface area contributed by atoms with Gasteiger partial charge in [0.05, 0.1) is 11.3 Å². The minimum Gasteiger partial charge on any atom is -0.382 e. The first-order valence-electron chi connectivity index (χ1n) is 9.14. The molecule has 1 aliphatic heterocycles. The molecule has 0 amide bonds. The van der Waals surface area contributed by atoms with Gasteiger partial charge in [0, 0.05) is 34.6 Å². The van der Waals surface area contributed by atoms with E-state index in [9.17, 15) is 13.2 Å². The molecule has 2 aromatic rings. The summed E-state index contributed by atoms with van der Waals surface area (Å²) in [6.45, 7) is 5.57. The van der Waals surface area contributed by atoms with Crippen LogP contribution in [0.15, 0.2) is 30.8 Å². The molecule has 0 aliphatic carbocycles. The number of rotatable bonds is 5. The van der Waals surface area contributed by atoms with Crippen LogP contribution in [0.1, 0.15) is 24.2 Å². The molecule has 1 aromatic heterocycles. The molecule has 7 heteroatoms. The van der Waals surface area contributed by atoms with E-state index in [1.165, 1.54) is 0 Å². The molecule has 4 nitrogen and oxygen atoms in total. The summed E-state index contributed by atoms with van der Waals surface area (Å²) < 4.78 is 39.9. The van der Waals surface area contributed by atoms with Crippen molar-refractivity contribution in [1.82, 2.24) is 9.88 Å². The van der Waals surface area contributed by atoms with Crippen molar-refractivity contribution in [2.45, 2.75) is 31.5 Å². The Bertz CT molecular complexity index is 824. The summed E-state index contributed by atoms with van der Waals surface area (Å²) in [5, 5.41) is 4.71. The van der Waals surface area contributed by atoms with Gasteiger partial charge in [-0.05, 0) is 51.7 Å². The van der Waals surface area contributed by atoms with Gasteiger partial charge >= 0.3 is 6.18 Å². The fourth-order valence-corrected chi connectivity index (χ4v) is 3.47. The summed E-state index contributed by atoms with van der Waals surface area (Å²) in [5.41, 5.74) is 5.95. The number of anilines is 1. The van der Waals surface area contributed by atoms with Gasteiger partial charge < -0.3 is 16.0 Å². The zero-order chi connectivity index (χ0) is 19.6. The Morgan fingerprint density at radius 1 is 1.30 bits per heavy atom. The maximum absolute atomic E-state index is 13.3. The molecule has 1 aliphatic rings. The summed E-state index contributed by atoms with van der Waals surface area (Å²) in [6.07, 6.45) is -2.12. The molecule has 1 aromatic carbocycles. The van der Waals surface area contributed by atoms with Gasteiger partial charge in [0.15, 0.2) is 0 Å². The van der Waals surface area contributed by atoms with Gasteiger partial charge in [-0.2, -0.15) is 13.2 Å². The third-order valence-electron chi connectivity index (χ3n) is 5.03. The molecule has 2 heterocycles. The first-order chi connectivity index (χ1) is 12.8. The predicted octanol–water partition coefficient (Wildman–Crippen LogP) is 3.82. The second-order valence-corrected chi connectivity index (χ2v) is 7.10. The van der Waals surface area contributed by atoms with Gasteiger partial charge in [0.25, 0.3) is 0 Å². The Hall–Kier alpha value is -2.12. The van der Waals surface area contributed by atoms with Gasteiger partial charge in [-0.1, -0.05) is 18.7 Å². The van der Waals surface area contributed by atoms with Crippen LogP contribution in [0.5, 0.6) is 0 Å². The Morgan fingerprint density at radius 3 is 2.63 bits per heavy atom. The van der Waals surface area contributed by atoms with Crippen LogP contribution in [-0.4, -0.2) is 48.8 Å². The number of fused-ring (bicyclic) bond motifs is 1. The number of likely N-dealkylation sites (tertiary alicyclic amines) is 1.